The number of ether oxygens (including phenoxy) is 1. The first kappa shape index (κ1) is 17.4. The van der Waals surface area contributed by atoms with Crippen LogP contribution in [0.15, 0.2) is 24.3 Å². The second kappa shape index (κ2) is 6.41. The van der Waals surface area contributed by atoms with Crippen LogP contribution in [0.4, 0.5) is 0 Å². The monoisotopic (exact) mass is 388 g/mol. The van der Waals surface area contributed by atoms with Crippen molar-refractivity contribution in [3.8, 4) is 5.75 Å². The Kier molecular flexibility index (Phi) is 4.13. The van der Waals surface area contributed by atoms with Crippen LogP contribution in [-0.2, 0) is 4.79 Å². The van der Waals surface area contributed by atoms with Crippen molar-refractivity contribution in [3.63, 3.8) is 0 Å². The van der Waals surface area contributed by atoms with Gasteiger partial charge in [0.2, 0.25) is 5.91 Å². The molecule has 0 aromatic heterocycles. The zero-order valence-electron chi connectivity index (χ0n) is 15.0. The number of fused-ring (bicyclic) bond motifs is 3. The lowest BCUT2D eigenvalue weighted by Gasteiger charge is -2.55. The molecule has 5 aliphatic rings. The van der Waals surface area contributed by atoms with Crippen molar-refractivity contribution in [3.05, 3.63) is 29.8 Å². The minimum Gasteiger partial charge on any atom is -0.467 e. The topological polar surface area (TPSA) is 87.7 Å². The summed E-state index contributed by atoms with van der Waals surface area (Å²) < 4.78 is 6.34. The zero-order valence-corrected chi connectivity index (χ0v) is 15.8. The van der Waals surface area contributed by atoms with Crippen LogP contribution in [0.3, 0.4) is 0 Å². The molecule has 3 saturated carbocycles. The van der Waals surface area contributed by atoms with Crippen molar-refractivity contribution in [1.82, 2.24) is 10.6 Å². The molecule has 3 aliphatic carbocycles. The van der Waals surface area contributed by atoms with Crippen LogP contribution in [0.1, 0.15) is 36.0 Å². The smallest absolute Gasteiger partial charge is 0.258 e. The Labute approximate surface area is 162 Å². The number of rotatable bonds is 2. The summed E-state index contributed by atoms with van der Waals surface area (Å²) in [6.07, 6.45) is 2.86. The average molecular weight is 388 g/mol. The van der Waals surface area contributed by atoms with E-state index in [1.165, 1.54) is 0 Å². The summed E-state index contributed by atoms with van der Waals surface area (Å²) in [5.41, 5.74) is -0.111. The van der Waals surface area contributed by atoms with Crippen LogP contribution in [-0.4, -0.2) is 46.3 Å². The van der Waals surface area contributed by atoms with Gasteiger partial charge in [-0.2, -0.15) is 11.8 Å². The summed E-state index contributed by atoms with van der Waals surface area (Å²) in [4.78, 5) is 25.5. The highest BCUT2D eigenvalue weighted by Gasteiger charge is 2.57. The fourth-order valence-electron chi connectivity index (χ4n) is 5.25. The fraction of sp³-hybridized carbons (Fsp3) is 0.600. The van der Waals surface area contributed by atoms with E-state index in [4.69, 9.17) is 4.74 Å². The number of thioether (sulfide) groups is 1. The molecule has 0 radical (unpaired) electrons. The van der Waals surface area contributed by atoms with Gasteiger partial charge in [-0.3, -0.25) is 9.59 Å². The third-order valence-electron chi connectivity index (χ3n) is 6.68. The molecule has 2 bridgehead atoms. The van der Waals surface area contributed by atoms with E-state index in [1.807, 2.05) is 18.2 Å². The molecule has 144 valence electrons. The molecule has 27 heavy (non-hydrogen) atoms. The van der Waals surface area contributed by atoms with E-state index in [2.05, 4.69) is 10.6 Å². The zero-order chi connectivity index (χ0) is 18.6. The van der Waals surface area contributed by atoms with Crippen LogP contribution < -0.4 is 15.4 Å². The predicted molar refractivity (Wildman–Crippen MR) is 101 cm³/mol. The van der Waals surface area contributed by atoms with Gasteiger partial charge < -0.3 is 20.5 Å². The van der Waals surface area contributed by atoms with Gasteiger partial charge in [0.05, 0.1) is 17.7 Å². The van der Waals surface area contributed by atoms with Crippen molar-refractivity contribution in [2.45, 2.75) is 43.6 Å². The normalized spacial score (nSPS) is 39.6. The van der Waals surface area contributed by atoms with E-state index >= 15 is 0 Å². The van der Waals surface area contributed by atoms with Crippen LogP contribution in [0.2, 0.25) is 0 Å². The standard InChI is InChI=1S/C20H24N2O4S/c23-16-10-27-9-15(16)21-18(24)14-7-12-6-5-11(14)8-20(12)22-19(25)13-3-1-2-4-17(13)26-20/h1-4,11-12,14-16,23H,5-10H2,(H,21,24)(H,22,25)/t11-,12+,14+,15+,16-,20-/m1/s1. The average Bonchev–Trinajstić information content (AvgIpc) is 3.06. The van der Waals surface area contributed by atoms with Crippen LogP contribution in [0, 0.1) is 17.8 Å². The molecule has 0 unspecified atom stereocenters. The lowest BCUT2D eigenvalue weighted by atomic mass is 9.60. The lowest BCUT2D eigenvalue weighted by Crippen LogP contribution is -2.67. The van der Waals surface area contributed by atoms with E-state index in [9.17, 15) is 14.7 Å². The van der Waals surface area contributed by atoms with Gasteiger partial charge in [-0.25, -0.2) is 0 Å². The minimum atomic E-state index is -0.687. The van der Waals surface area contributed by atoms with Gasteiger partial charge in [-0.1, -0.05) is 12.1 Å². The molecule has 2 aliphatic heterocycles. The van der Waals surface area contributed by atoms with Gasteiger partial charge in [0.1, 0.15) is 5.75 Å². The molecule has 1 aromatic carbocycles. The molecule has 2 amide bonds. The van der Waals surface area contributed by atoms with Gasteiger partial charge in [-0.15, -0.1) is 0 Å². The first-order chi connectivity index (χ1) is 13.1. The van der Waals surface area contributed by atoms with E-state index in [1.54, 1.807) is 17.8 Å². The number of nitrogens with one attached hydrogen (secondary N) is 2. The number of amides is 2. The third kappa shape index (κ3) is 2.83. The Morgan fingerprint density at radius 2 is 2.15 bits per heavy atom. The number of carbonyl (C=O) groups is 2. The molecular formula is C20H24N2O4S. The van der Waals surface area contributed by atoms with Crippen molar-refractivity contribution >= 4 is 23.6 Å². The van der Waals surface area contributed by atoms with E-state index in [0.717, 1.165) is 25.0 Å². The lowest BCUT2D eigenvalue weighted by molar-refractivity contribution is -0.147. The Balaban J connectivity index is 1.33. The van der Waals surface area contributed by atoms with Crippen LogP contribution >= 0.6 is 11.8 Å². The number of aliphatic hydroxyl groups excluding tert-OH is 1. The maximum Gasteiger partial charge on any atom is 0.258 e. The molecule has 4 fully saturated rings. The van der Waals surface area contributed by atoms with Crippen LogP contribution in [0.25, 0.3) is 0 Å². The first-order valence-electron chi connectivity index (χ1n) is 9.72. The van der Waals surface area contributed by atoms with Crippen molar-refractivity contribution in [1.29, 1.82) is 0 Å². The van der Waals surface area contributed by atoms with Crippen molar-refractivity contribution < 1.29 is 19.4 Å². The van der Waals surface area contributed by atoms with Crippen LogP contribution in [0.5, 0.6) is 5.75 Å². The predicted octanol–water partition coefficient (Wildman–Crippen LogP) is 1.53. The second-order valence-electron chi connectivity index (χ2n) is 8.24. The first-order valence-corrected chi connectivity index (χ1v) is 10.9. The Morgan fingerprint density at radius 1 is 1.30 bits per heavy atom. The van der Waals surface area contributed by atoms with Crippen molar-refractivity contribution in [2.24, 2.45) is 17.8 Å². The Hall–Kier alpha value is -1.73. The van der Waals surface area contributed by atoms with E-state index in [-0.39, 0.29) is 35.6 Å². The molecule has 1 saturated heterocycles. The maximum absolute atomic E-state index is 12.9. The number of benzene rings is 1. The highest BCUT2D eigenvalue weighted by molar-refractivity contribution is 7.99. The quantitative estimate of drug-likeness (QED) is 0.715. The molecule has 6 atom stereocenters. The molecular weight excluding hydrogens is 364 g/mol. The summed E-state index contributed by atoms with van der Waals surface area (Å²) in [5, 5.41) is 16.2. The summed E-state index contributed by atoms with van der Waals surface area (Å²) in [7, 11) is 0. The highest BCUT2D eigenvalue weighted by atomic mass is 32.2. The molecule has 1 spiro atoms. The number of para-hydroxylation sites is 1. The Bertz CT molecular complexity index is 787. The second-order valence-corrected chi connectivity index (χ2v) is 9.32. The van der Waals surface area contributed by atoms with Gasteiger partial charge in [0.25, 0.3) is 5.91 Å². The van der Waals surface area contributed by atoms with E-state index in [0.29, 0.717) is 23.5 Å². The largest absolute Gasteiger partial charge is 0.467 e. The fourth-order valence-corrected chi connectivity index (χ4v) is 6.42. The molecule has 2 heterocycles. The number of hydrogen-bond donors (Lipinski definition) is 3. The van der Waals surface area contributed by atoms with Gasteiger partial charge in [0.15, 0.2) is 5.72 Å². The summed E-state index contributed by atoms with van der Waals surface area (Å²) in [6, 6.07) is 7.20. The number of hydrogen-bond acceptors (Lipinski definition) is 5. The SMILES string of the molecule is O=C1N[C@]2(C[C@H]3CC[C@H]2C[C@@H]3C(=O)N[C@H]2CSC[C@H]2O)Oc2ccccc21. The van der Waals surface area contributed by atoms with Gasteiger partial charge >= 0.3 is 0 Å². The van der Waals surface area contributed by atoms with Crippen molar-refractivity contribution in [2.75, 3.05) is 11.5 Å². The third-order valence-corrected chi connectivity index (χ3v) is 7.85. The molecule has 6 rings (SSSR count). The number of carbonyl (C=O) groups excluding carboxylic acids is 2. The molecule has 6 nitrogen and oxygen atoms in total. The summed E-state index contributed by atoms with van der Waals surface area (Å²) in [5.74, 6) is 2.30. The number of aliphatic hydroxyl groups is 1. The maximum atomic E-state index is 12.9. The minimum absolute atomic E-state index is 0.0497. The highest BCUT2D eigenvalue weighted by Crippen LogP contribution is 2.52. The molecule has 3 N–H and O–H groups in total. The Morgan fingerprint density at radius 3 is 2.89 bits per heavy atom. The summed E-state index contributed by atoms with van der Waals surface area (Å²) in [6.45, 7) is 0. The van der Waals surface area contributed by atoms with Gasteiger partial charge in [0, 0.05) is 29.8 Å². The molecule has 7 heteroatoms. The van der Waals surface area contributed by atoms with Gasteiger partial charge in [-0.05, 0) is 37.3 Å². The van der Waals surface area contributed by atoms with E-state index < -0.39 is 11.8 Å². The molecule has 1 aromatic rings. The summed E-state index contributed by atoms with van der Waals surface area (Å²) >= 11 is 1.67.